The van der Waals surface area contributed by atoms with Gasteiger partial charge in [-0.2, -0.15) is 0 Å². The summed E-state index contributed by atoms with van der Waals surface area (Å²) in [5.41, 5.74) is 2.26. The Kier molecular flexibility index (Phi) is 5.75. The largest absolute Gasteiger partial charge is 0.309 e. The number of benzene rings is 2. The molecular weight excluding hydrogens is 374 g/mol. The van der Waals surface area contributed by atoms with Crippen molar-refractivity contribution in [2.45, 2.75) is 18.7 Å². The molecule has 0 aliphatic carbocycles. The number of carbonyl (C=O) groups excluding carboxylic acids is 1. The second-order valence-corrected chi connectivity index (χ2v) is 8.30. The van der Waals surface area contributed by atoms with E-state index in [1.54, 1.807) is 54.7 Å². The Morgan fingerprint density at radius 3 is 2.21 bits per heavy atom. The van der Waals surface area contributed by atoms with Gasteiger partial charge in [0.1, 0.15) is 12.4 Å². The molecule has 0 bridgehead atoms. The maximum atomic E-state index is 13.3. The van der Waals surface area contributed by atoms with Crippen molar-refractivity contribution in [3.8, 4) is 0 Å². The van der Waals surface area contributed by atoms with E-state index >= 15 is 0 Å². The summed E-state index contributed by atoms with van der Waals surface area (Å²) >= 11 is 0. The van der Waals surface area contributed by atoms with Crippen molar-refractivity contribution in [1.82, 2.24) is 4.98 Å². The van der Waals surface area contributed by atoms with E-state index in [0.29, 0.717) is 11.5 Å². The first-order valence-electron chi connectivity index (χ1n) is 8.73. The molecule has 0 saturated carbocycles. The molecule has 6 nitrogen and oxygen atoms in total. The molecule has 0 aliphatic rings. The average molecular weight is 395 g/mol. The van der Waals surface area contributed by atoms with Gasteiger partial charge >= 0.3 is 0 Å². The number of sulfonamides is 1. The topological polar surface area (TPSA) is 79.4 Å². The van der Waals surface area contributed by atoms with Crippen LogP contribution < -0.4 is 9.62 Å². The Balaban J connectivity index is 1.98. The lowest BCUT2D eigenvalue weighted by Gasteiger charge is -2.24. The molecule has 0 saturated heterocycles. The van der Waals surface area contributed by atoms with E-state index in [2.05, 4.69) is 10.3 Å². The number of carbonyl (C=O) groups is 1. The van der Waals surface area contributed by atoms with E-state index in [9.17, 15) is 13.2 Å². The van der Waals surface area contributed by atoms with Crippen LogP contribution >= 0.6 is 0 Å². The van der Waals surface area contributed by atoms with Gasteiger partial charge in [-0.3, -0.25) is 9.10 Å². The van der Waals surface area contributed by atoms with Gasteiger partial charge in [0.05, 0.1) is 10.6 Å². The van der Waals surface area contributed by atoms with Crippen molar-refractivity contribution >= 4 is 27.4 Å². The number of nitrogens with zero attached hydrogens (tertiary/aromatic N) is 2. The molecule has 1 aromatic heterocycles. The zero-order chi connectivity index (χ0) is 20.1. The zero-order valence-corrected chi connectivity index (χ0v) is 16.5. The fourth-order valence-corrected chi connectivity index (χ4v) is 4.30. The Morgan fingerprint density at radius 1 is 0.964 bits per heavy atom. The fourth-order valence-electron chi connectivity index (χ4n) is 2.88. The van der Waals surface area contributed by atoms with Crippen molar-refractivity contribution in [2.24, 2.45) is 0 Å². The predicted molar refractivity (Wildman–Crippen MR) is 110 cm³/mol. The Hall–Kier alpha value is -3.19. The number of hydrogen-bond donors (Lipinski definition) is 1. The fraction of sp³-hybridized carbons (Fsp3) is 0.143. The summed E-state index contributed by atoms with van der Waals surface area (Å²) in [5.74, 6) is -0.109. The Labute approximate surface area is 164 Å². The number of aromatic nitrogens is 1. The first-order valence-corrected chi connectivity index (χ1v) is 10.2. The molecule has 0 fully saturated rings. The van der Waals surface area contributed by atoms with Crippen LogP contribution in [-0.4, -0.2) is 25.9 Å². The lowest BCUT2D eigenvalue weighted by Crippen LogP contribution is -2.38. The molecule has 7 heteroatoms. The van der Waals surface area contributed by atoms with Gasteiger partial charge in [-0.05, 0) is 61.4 Å². The van der Waals surface area contributed by atoms with Crippen LogP contribution in [0.4, 0.5) is 11.5 Å². The number of nitrogens with one attached hydrogen (secondary N) is 1. The molecule has 2 aromatic carbocycles. The molecule has 28 heavy (non-hydrogen) atoms. The Morgan fingerprint density at radius 2 is 1.61 bits per heavy atom. The third-order valence-corrected chi connectivity index (χ3v) is 5.83. The van der Waals surface area contributed by atoms with E-state index in [4.69, 9.17) is 0 Å². The molecule has 0 spiro atoms. The molecule has 3 aromatic rings. The highest BCUT2D eigenvalue weighted by atomic mass is 32.2. The third-order valence-electron chi connectivity index (χ3n) is 4.05. The highest BCUT2D eigenvalue weighted by Gasteiger charge is 2.27. The lowest BCUT2D eigenvalue weighted by atomic mass is 10.1. The van der Waals surface area contributed by atoms with Gasteiger partial charge in [-0.1, -0.05) is 30.3 Å². The summed E-state index contributed by atoms with van der Waals surface area (Å²) in [7, 11) is -3.92. The highest BCUT2D eigenvalue weighted by molar-refractivity contribution is 7.92. The highest BCUT2D eigenvalue weighted by Crippen LogP contribution is 2.25. The average Bonchev–Trinajstić information content (AvgIpc) is 2.66. The summed E-state index contributed by atoms with van der Waals surface area (Å²) in [4.78, 5) is 16.8. The molecule has 144 valence electrons. The summed E-state index contributed by atoms with van der Waals surface area (Å²) in [6.45, 7) is 3.41. The minimum atomic E-state index is -3.92. The van der Waals surface area contributed by atoms with Crippen LogP contribution in [-0.2, 0) is 14.8 Å². The van der Waals surface area contributed by atoms with Gasteiger partial charge in [-0.15, -0.1) is 0 Å². The van der Waals surface area contributed by atoms with Crippen LogP contribution in [0.3, 0.4) is 0 Å². The quantitative estimate of drug-likeness (QED) is 0.692. The standard InChI is InChI=1S/C21H21N3O3S/c1-16-12-17(2)14-18(13-16)24(28(26,27)19-8-4-3-5-9-19)15-21(25)23-20-10-6-7-11-22-20/h3-14H,15H2,1-2H3,(H,22,23,25). The normalized spacial score (nSPS) is 11.1. The lowest BCUT2D eigenvalue weighted by molar-refractivity contribution is -0.114. The van der Waals surface area contributed by atoms with Crippen molar-refractivity contribution < 1.29 is 13.2 Å². The maximum Gasteiger partial charge on any atom is 0.264 e. The number of hydrogen-bond acceptors (Lipinski definition) is 4. The number of anilines is 2. The predicted octanol–water partition coefficient (Wildman–Crippen LogP) is 3.53. The van der Waals surface area contributed by atoms with Crippen molar-refractivity contribution in [3.63, 3.8) is 0 Å². The summed E-state index contributed by atoms with van der Waals surface area (Å²) in [6.07, 6.45) is 1.55. The molecular formula is C21H21N3O3S. The van der Waals surface area contributed by atoms with Crippen LogP contribution in [0.25, 0.3) is 0 Å². The summed E-state index contributed by atoms with van der Waals surface area (Å²) in [5, 5.41) is 2.64. The summed E-state index contributed by atoms with van der Waals surface area (Å²) < 4.78 is 27.7. The molecule has 1 heterocycles. The molecule has 1 N–H and O–H groups in total. The minimum Gasteiger partial charge on any atom is -0.309 e. The van der Waals surface area contributed by atoms with Crippen molar-refractivity contribution in [3.05, 3.63) is 84.1 Å². The van der Waals surface area contributed by atoms with E-state index in [-0.39, 0.29) is 11.4 Å². The van der Waals surface area contributed by atoms with Gasteiger partial charge in [-0.25, -0.2) is 13.4 Å². The van der Waals surface area contributed by atoms with Gasteiger partial charge < -0.3 is 5.32 Å². The number of aryl methyl sites for hydroxylation is 2. The molecule has 0 aliphatic heterocycles. The molecule has 3 rings (SSSR count). The van der Waals surface area contributed by atoms with Gasteiger partial charge in [0.15, 0.2) is 0 Å². The van der Waals surface area contributed by atoms with Crippen LogP contribution in [0, 0.1) is 13.8 Å². The molecule has 0 atom stereocenters. The van der Waals surface area contributed by atoms with E-state index in [0.717, 1.165) is 15.4 Å². The first-order chi connectivity index (χ1) is 13.4. The van der Waals surface area contributed by atoms with Crippen LogP contribution in [0.1, 0.15) is 11.1 Å². The van der Waals surface area contributed by atoms with E-state index < -0.39 is 15.9 Å². The second kappa shape index (κ2) is 8.22. The monoisotopic (exact) mass is 395 g/mol. The first kappa shape index (κ1) is 19.6. The molecule has 0 radical (unpaired) electrons. The number of rotatable bonds is 6. The van der Waals surface area contributed by atoms with Gasteiger partial charge in [0, 0.05) is 6.20 Å². The Bertz CT molecular complexity index is 1050. The zero-order valence-electron chi connectivity index (χ0n) is 15.7. The van der Waals surface area contributed by atoms with Crippen LogP contribution in [0.2, 0.25) is 0 Å². The SMILES string of the molecule is Cc1cc(C)cc(N(CC(=O)Nc2ccccn2)S(=O)(=O)c2ccccc2)c1. The molecule has 1 amide bonds. The van der Waals surface area contributed by atoms with E-state index in [1.165, 1.54) is 12.1 Å². The summed E-state index contributed by atoms with van der Waals surface area (Å²) in [6, 6.07) is 18.7. The maximum absolute atomic E-state index is 13.3. The van der Waals surface area contributed by atoms with Crippen molar-refractivity contribution in [1.29, 1.82) is 0 Å². The second-order valence-electron chi connectivity index (χ2n) is 6.43. The number of pyridine rings is 1. The van der Waals surface area contributed by atoms with Crippen LogP contribution in [0.15, 0.2) is 77.8 Å². The molecule has 0 unspecified atom stereocenters. The third kappa shape index (κ3) is 4.55. The smallest absolute Gasteiger partial charge is 0.264 e. The minimum absolute atomic E-state index is 0.125. The van der Waals surface area contributed by atoms with E-state index in [1.807, 2.05) is 19.9 Å². The number of amides is 1. The van der Waals surface area contributed by atoms with Gasteiger partial charge in [0.25, 0.3) is 10.0 Å². The van der Waals surface area contributed by atoms with Gasteiger partial charge in [0.2, 0.25) is 5.91 Å². The van der Waals surface area contributed by atoms with Crippen molar-refractivity contribution in [2.75, 3.05) is 16.2 Å². The van der Waals surface area contributed by atoms with Crippen LogP contribution in [0.5, 0.6) is 0 Å².